The fourth-order valence-electron chi connectivity index (χ4n) is 2.59. The van der Waals surface area contributed by atoms with Crippen LogP contribution < -0.4 is 16.3 Å². The summed E-state index contributed by atoms with van der Waals surface area (Å²) in [5.41, 5.74) is 0.817. The third kappa shape index (κ3) is 2.35. The summed E-state index contributed by atoms with van der Waals surface area (Å²) in [5.74, 6) is 0. The summed E-state index contributed by atoms with van der Waals surface area (Å²) < 4.78 is 11.2. The van der Waals surface area contributed by atoms with E-state index in [9.17, 15) is 10.5 Å². The molecule has 0 aromatic carbocycles. The Bertz CT molecular complexity index is 820. The van der Waals surface area contributed by atoms with Gasteiger partial charge in [0.05, 0.1) is 0 Å². The van der Waals surface area contributed by atoms with Crippen molar-refractivity contribution >= 4 is 23.4 Å². The van der Waals surface area contributed by atoms with Crippen LogP contribution in [0.15, 0.2) is 73.2 Å². The Morgan fingerprint density at radius 1 is 0.640 bits per heavy atom. The van der Waals surface area contributed by atoms with Gasteiger partial charge in [-0.2, -0.15) is 0 Å². The molecule has 0 amide bonds. The van der Waals surface area contributed by atoms with E-state index in [0.29, 0.717) is 0 Å². The molecule has 0 bridgehead atoms. The maximum absolute atomic E-state index is 9.47. The Hall–Kier alpha value is -3.54. The van der Waals surface area contributed by atoms with E-state index >= 15 is 0 Å². The molecule has 122 valence electrons. The first-order valence-corrected chi connectivity index (χ1v) is 9.27. The van der Waals surface area contributed by atoms with E-state index in [1.165, 1.54) is 18.6 Å². The molecule has 3 aromatic rings. The molecule has 0 aliphatic rings. The molecule has 0 N–H and O–H groups in total. The molecule has 0 fully saturated rings. The monoisotopic (exact) mass is 349 g/mol. The fourth-order valence-corrected chi connectivity index (χ4v) is 6.10. The predicted octanol–water partition coefficient (Wildman–Crippen LogP) is 1.53. The zero-order valence-electron chi connectivity index (χ0n) is 12.9. The number of pyridine rings is 3. The Labute approximate surface area is 144 Å². The van der Waals surface area contributed by atoms with Crippen LogP contribution in [0.4, 0.5) is 0 Å². The van der Waals surface area contributed by atoms with Gasteiger partial charge in [-0.3, -0.25) is 0 Å². The van der Waals surface area contributed by atoms with Gasteiger partial charge in [-0.1, -0.05) is 0 Å². The average molecular weight is 349 g/mol. The molecule has 3 heterocycles. The number of nitriles is 2. The second-order valence-electron chi connectivity index (χ2n) is 4.89. The van der Waals surface area contributed by atoms with Gasteiger partial charge in [-0.25, -0.2) is 0 Å². The molecule has 0 unspecified atom stereocenters. The number of nitrogens with zero attached hydrogens (tertiary/aromatic N) is 5. The normalized spacial score (nSPS) is 12.0. The van der Waals surface area contributed by atoms with Gasteiger partial charge in [0, 0.05) is 0 Å². The first-order chi connectivity index (χ1) is 12.3. The SMILES string of the molecule is N#COP(OC#N)(c1ccccn1)(c1ccccn1)c1ccccn1. The molecule has 0 spiro atoms. The standard InChI is InChI=1S/C17H12N5O2P/c18-13-23-25(24-14-19,15-7-1-4-10-20-15,16-8-2-5-11-21-16)17-9-3-6-12-22-17/h1-12H. The topological polar surface area (TPSA) is 105 Å². The van der Waals surface area contributed by atoms with Crippen LogP contribution in [0.5, 0.6) is 0 Å². The van der Waals surface area contributed by atoms with E-state index in [1.54, 1.807) is 67.1 Å². The van der Waals surface area contributed by atoms with E-state index in [2.05, 4.69) is 15.0 Å². The van der Waals surface area contributed by atoms with Crippen LogP contribution >= 0.6 is 7.06 Å². The van der Waals surface area contributed by atoms with E-state index in [1.807, 2.05) is 0 Å². The van der Waals surface area contributed by atoms with Crippen LogP contribution in [-0.2, 0) is 9.05 Å². The van der Waals surface area contributed by atoms with Crippen molar-refractivity contribution in [2.24, 2.45) is 0 Å². The van der Waals surface area contributed by atoms with Crippen molar-refractivity contribution in [3.8, 4) is 12.5 Å². The Morgan fingerprint density at radius 3 is 1.24 bits per heavy atom. The van der Waals surface area contributed by atoms with Crippen LogP contribution in [0.3, 0.4) is 0 Å². The molecule has 3 aromatic heterocycles. The summed E-state index contributed by atoms with van der Waals surface area (Å²) in [4.78, 5) is 13.0. The van der Waals surface area contributed by atoms with Crippen LogP contribution in [0, 0.1) is 23.0 Å². The summed E-state index contributed by atoms with van der Waals surface area (Å²) in [6.45, 7) is 0. The summed E-state index contributed by atoms with van der Waals surface area (Å²) in [6, 6.07) is 15.2. The second-order valence-corrected chi connectivity index (χ2v) is 8.54. The van der Waals surface area contributed by atoms with Crippen LogP contribution in [0.1, 0.15) is 0 Å². The molecule has 25 heavy (non-hydrogen) atoms. The molecular formula is C17H12N5O2P. The quantitative estimate of drug-likeness (QED) is 0.508. The van der Waals surface area contributed by atoms with E-state index in [0.717, 1.165) is 0 Å². The van der Waals surface area contributed by atoms with Gasteiger partial charge in [0.15, 0.2) is 0 Å². The van der Waals surface area contributed by atoms with Crippen molar-refractivity contribution in [3.05, 3.63) is 73.2 Å². The van der Waals surface area contributed by atoms with Crippen LogP contribution in [0.2, 0.25) is 0 Å². The molecule has 0 radical (unpaired) electrons. The minimum atomic E-state index is -4.54. The summed E-state index contributed by atoms with van der Waals surface area (Å²) in [6.07, 6.45) is 7.98. The number of hydrogen-bond acceptors (Lipinski definition) is 7. The number of rotatable bonds is 5. The van der Waals surface area contributed by atoms with Crippen LogP contribution in [-0.4, -0.2) is 15.0 Å². The zero-order chi connectivity index (χ0) is 17.6. The van der Waals surface area contributed by atoms with Gasteiger partial charge in [-0.15, -0.1) is 0 Å². The Morgan fingerprint density at radius 2 is 1.00 bits per heavy atom. The molecule has 0 aliphatic heterocycles. The van der Waals surface area contributed by atoms with E-state index in [-0.39, 0.29) is 16.3 Å². The molecular weight excluding hydrogens is 337 g/mol. The molecule has 0 saturated carbocycles. The number of hydrogen-bond donors (Lipinski definition) is 0. The van der Waals surface area contributed by atoms with Crippen molar-refractivity contribution < 1.29 is 9.05 Å². The molecule has 0 aliphatic carbocycles. The average Bonchev–Trinajstić information content (AvgIpc) is 2.70. The van der Waals surface area contributed by atoms with Crippen molar-refractivity contribution in [2.45, 2.75) is 0 Å². The zero-order valence-corrected chi connectivity index (χ0v) is 13.8. The molecule has 7 nitrogen and oxygen atoms in total. The van der Waals surface area contributed by atoms with Crippen molar-refractivity contribution in [2.75, 3.05) is 0 Å². The molecule has 0 saturated heterocycles. The van der Waals surface area contributed by atoms with E-state index < -0.39 is 7.06 Å². The van der Waals surface area contributed by atoms with Gasteiger partial charge in [-0.05, 0) is 0 Å². The number of aromatic nitrogens is 3. The third-order valence-corrected chi connectivity index (χ3v) is 7.78. The van der Waals surface area contributed by atoms with Crippen LogP contribution in [0.25, 0.3) is 0 Å². The third-order valence-electron chi connectivity index (χ3n) is 3.63. The van der Waals surface area contributed by atoms with Gasteiger partial charge in [0.25, 0.3) is 0 Å². The molecule has 3 rings (SSSR count). The summed E-state index contributed by atoms with van der Waals surface area (Å²) in [5, 5.41) is 18.9. The van der Waals surface area contributed by atoms with Crippen molar-refractivity contribution in [1.82, 2.24) is 15.0 Å². The fraction of sp³-hybridized carbons (Fsp3) is 0. The Kier molecular flexibility index (Phi) is 4.26. The van der Waals surface area contributed by atoms with Gasteiger partial charge in [0.2, 0.25) is 0 Å². The first kappa shape index (κ1) is 16.3. The van der Waals surface area contributed by atoms with E-state index in [4.69, 9.17) is 9.05 Å². The summed E-state index contributed by atoms with van der Waals surface area (Å²) >= 11 is 0. The summed E-state index contributed by atoms with van der Waals surface area (Å²) in [7, 11) is -4.54. The molecule has 8 heteroatoms. The minimum absolute atomic E-state index is 0.272. The van der Waals surface area contributed by atoms with Crippen molar-refractivity contribution in [3.63, 3.8) is 0 Å². The van der Waals surface area contributed by atoms with Gasteiger partial charge >= 0.3 is 144 Å². The second kappa shape index (κ2) is 6.52. The predicted molar refractivity (Wildman–Crippen MR) is 91.9 cm³/mol. The molecule has 0 atom stereocenters. The van der Waals surface area contributed by atoms with Gasteiger partial charge in [0.1, 0.15) is 0 Å². The first-order valence-electron chi connectivity index (χ1n) is 7.20. The van der Waals surface area contributed by atoms with Gasteiger partial charge < -0.3 is 0 Å². The Balaban J connectivity index is 2.53. The maximum atomic E-state index is 9.47. The van der Waals surface area contributed by atoms with Crippen molar-refractivity contribution in [1.29, 1.82) is 10.5 Å².